The van der Waals surface area contributed by atoms with Crippen LogP contribution in [0.15, 0.2) is 22.8 Å². The topological polar surface area (TPSA) is 97.4 Å². The zero-order valence-corrected chi connectivity index (χ0v) is 6.74. The number of furan rings is 1. The lowest BCUT2D eigenvalue weighted by atomic mass is 10.4. The van der Waals surface area contributed by atoms with E-state index >= 15 is 0 Å². The van der Waals surface area contributed by atoms with Crippen molar-refractivity contribution in [1.82, 2.24) is 10.6 Å². The van der Waals surface area contributed by atoms with E-state index in [9.17, 15) is 9.59 Å². The van der Waals surface area contributed by atoms with E-state index in [1.165, 1.54) is 6.26 Å². The average molecular weight is 183 g/mol. The molecule has 6 nitrogen and oxygen atoms in total. The first kappa shape index (κ1) is 9.11. The van der Waals surface area contributed by atoms with Gasteiger partial charge in [-0.2, -0.15) is 0 Å². The number of urea groups is 2. The van der Waals surface area contributed by atoms with E-state index in [1.54, 1.807) is 12.1 Å². The fourth-order valence-electron chi connectivity index (χ4n) is 0.737. The van der Waals surface area contributed by atoms with Crippen LogP contribution in [0, 0.1) is 0 Å². The monoisotopic (exact) mass is 183 g/mol. The van der Waals surface area contributed by atoms with Gasteiger partial charge in [0.15, 0.2) is 0 Å². The summed E-state index contributed by atoms with van der Waals surface area (Å²) in [6.07, 6.45) is 1.49. The summed E-state index contributed by atoms with van der Waals surface area (Å²) in [7, 11) is 0. The van der Waals surface area contributed by atoms with Gasteiger partial charge in [0.1, 0.15) is 5.76 Å². The Labute approximate surface area is 74.1 Å². The van der Waals surface area contributed by atoms with Crippen LogP contribution in [0.2, 0.25) is 0 Å². The highest BCUT2D eigenvalue weighted by Crippen LogP contribution is 1.97. The molecule has 0 aliphatic carbocycles. The van der Waals surface area contributed by atoms with Gasteiger partial charge in [0.25, 0.3) is 0 Å². The number of rotatable bonds is 2. The molecule has 4 N–H and O–H groups in total. The number of carbonyl (C=O) groups is 2. The first-order chi connectivity index (χ1) is 6.18. The Kier molecular flexibility index (Phi) is 2.91. The first-order valence-electron chi connectivity index (χ1n) is 3.55. The smallest absolute Gasteiger partial charge is 0.323 e. The lowest BCUT2D eigenvalue weighted by Gasteiger charge is -2.01. The molecule has 4 amide bonds. The van der Waals surface area contributed by atoms with Gasteiger partial charge in [0, 0.05) is 0 Å². The van der Waals surface area contributed by atoms with Crippen molar-refractivity contribution in [3.63, 3.8) is 0 Å². The molecular weight excluding hydrogens is 174 g/mol. The minimum absolute atomic E-state index is 0.214. The second kappa shape index (κ2) is 4.15. The van der Waals surface area contributed by atoms with Crippen molar-refractivity contribution in [1.29, 1.82) is 0 Å². The van der Waals surface area contributed by atoms with E-state index in [4.69, 9.17) is 10.2 Å². The van der Waals surface area contributed by atoms with Gasteiger partial charge < -0.3 is 15.5 Å². The van der Waals surface area contributed by atoms with Crippen molar-refractivity contribution in [2.45, 2.75) is 6.54 Å². The summed E-state index contributed by atoms with van der Waals surface area (Å²) >= 11 is 0. The molecule has 13 heavy (non-hydrogen) atoms. The second-order valence-electron chi connectivity index (χ2n) is 2.25. The molecule has 0 aromatic carbocycles. The van der Waals surface area contributed by atoms with Crippen LogP contribution in [-0.2, 0) is 6.54 Å². The Morgan fingerprint density at radius 2 is 2.31 bits per heavy atom. The van der Waals surface area contributed by atoms with Gasteiger partial charge in [-0.25, -0.2) is 9.59 Å². The van der Waals surface area contributed by atoms with Crippen molar-refractivity contribution in [2.75, 3.05) is 0 Å². The molecule has 0 saturated carbocycles. The maximum atomic E-state index is 10.8. The van der Waals surface area contributed by atoms with Crippen molar-refractivity contribution >= 4 is 12.1 Å². The van der Waals surface area contributed by atoms with Crippen LogP contribution in [0.4, 0.5) is 9.59 Å². The molecule has 0 fully saturated rings. The molecule has 0 aliphatic rings. The minimum Gasteiger partial charge on any atom is -0.467 e. The molecule has 0 bridgehead atoms. The van der Waals surface area contributed by atoms with E-state index < -0.39 is 12.1 Å². The number of amides is 4. The number of nitrogens with two attached hydrogens (primary N) is 1. The number of hydrogen-bond donors (Lipinski definition) is 3. The van der Waals surface area contributed by atoms with Crippen LogP contribution in [0.25, 0.3) is 0 Å². The molecule has 70 valence electrons. The van der Waals surface area contributed by atoms with Gasteiger partial charge in [-0.15, -0.1) is 0 Å². The number of hydrogen-bond acceptors (Lipinski definition) is 3. The first-order valence-corrected chi connectivity index (χ1v) is 3.55. The van der Waals surface area contributed by atoms with Gasteiger partial charge in [0.2, 0.25) is 0 Å². The summed E-state index contributed by atoms with van der Waals surface area (Å²) in [6, 6.07) is 1.86. The summed E-state index contributed by atoms with van der Waals surface area (Å²) in [5, 5.41) is 4.22. The summed E-state index contributed by atoms with van der Waals surface area (Å²) < 4.78 is 4.93. The van der Waals surface area contributed by atoms with Gasteiger partial charge in [-0.1, -0.05) is 0 Å². The predicted molar refractivity (Wildman–Crippen MR) is 43.7 cm³/mol. The van der Waals surface area contributed by atoms with Crippen molar-refractivity contribution in [3.8, 4) is 0 Å². The van der Waals surface area contributed by atoms with Crippen LogP contribution < -0.4 is 16.4 Å². The molecule has 0 spiro atoms. The Hall–Kier alpha value is -1.98. The van der Waals surface area contributed by atoms with Crippen LogP contribution in [0.1, 0.15) is 5.76 Å². The lowest BCUT2D eigenvalue weighted by molar-refractivity contribution is 0.230. The fraction of sp³-hybridized carbons (Fsp3) is 0.143. The van der Waals surface area contributed by atoms with E-state index in [2.05, 4.69) is 5.32 Å². The largest absolute Gasteiger partial charge is 0.467 e. The molecule has 0 saturated heterocycles. The van der Waals surface area contributed by atoms with Crippen LogP contribution in [0.3, 0.4) is 0 Å². The van der Waals surface area contributed by atoms with E-state index in [-0.39, 0.29) is 6.54 Å². The van der Waals surface area contributed by atoms with Crippen LogP contribution >= 0.6 is 0 Å². The molecule has 0 radical (unpaired) electrons. The number of primary amides is 1. The predicted octanol–water partition coefficient (Wildman–Crippen LogP) is 0.157. The van der Waals surface area contributed by atoms with Crippen molar-refractivity contribution in [3.05, 3.63) is 24.2 Å². The number of imide groups is 1. The van der Waals surface area contributed by atoms with Crippen LogP contribution in [-0.4, -0.2) is 12.1 Å². The lowest BCUT2D eigenvalue weighted by Crippen LogP contribution is -2.41. The minimum atomic E-state index is -0.892. The number of nitrogens with one attached hydrogen (secondary N) is 2. The highest BCUT2D eigenvalue weighted by atomic mass is 16.3. The highest BCUT2D eigenvalue weighted by Gasteiger charge is 2.03. The maximum Gasteiger partial charge on any atom is 0.323 e. The quantitative estimate of drug-likeness (QED) is 0.609. The van der Waals surface area contributed by atoms with E-state index in [0.717, 1.165) is 0 Å². The molecule has 0 unspecified atom stereocenters. The van der Waals surface area contributed by atoms with Gasteiger partial charge in [0.05, 0.1) is 12.8 Å². The number of carbonyl (C=O) groups excluding carboxylic acids is 2. The van der Waals surface area contributed by atoms with Crippen molar-refractivity contribution in [2.24, 2.45) is 5.73 Å². The second-order valence-corrected chi connectivity index (χ2v) is 2.25. The third-order valence-electron chi connectivity index (χ3n) is 1.24. The fourth-order valence-corrected chi connectivity index (χ4v) is 0.737. The third kappa shape index (κ3) is 3.28. The molecule has 1 heterocycles. The molecule has 1 aromatic rings. The molecule has 1 rings (SSSR count). The Morgan fingerprint density at radius 1 is 1.54 bits per heavy atom. The molecule has 0 atom stereocenters. The Balaban J connectivity index is 2.27. The average Bonchev–Trinajstić information content (AvgIpc) is 2.51. The zero-order chi connectivity index (χ0) is 9.68. The normalized spacial score (nSPS) is 9.23. The summed E-state index contributed by atoms with van der Waals surface area (Å²) in [6.45, 7) is 0.214. The van der Waals surface area contributed by atoms with Crippen molar-refractivity contribution < 1.29 is 14.0 Å². The molecule has 6 heteroatoms. The SMILES string of the molecule is NC(=O)NC(=O)NCc1ccco1. The summed E-state index contributed by atoms with van der Waals surface area (Å²) in [5.74, 6) is 0.597. The van der Waals surface area contributed by atoms with E-state index in [0.29, 0.717) is 5.76 Å². The Bertz CT molecular complexity index is 294. The molecular formula is C7H9N3O3. The zero-order valence-electron chi connectivity index (χ0n) is 6.74. The molecule has 1 aromatic heterocycles. The van der Waals surface area contributed by atoms with E-state index in [1.807, 2.05) is 5.32 Å². The van der Waals surface area contributed by atoms with Gasteiger partial charge in [-0.05, 0) is 12.1 Å². The summed E-state index contributed by atoms with van der Waals surface area (Å²) in [4.78, 5) is 21.0. The Morgan fingerprint density at radius 3 is 2.85 bits per heavy atom. The highest BCUT2D eigenvalue weighted by molar-refractivity contribution is 5.92. The third-order valence-corrected chi connectivity index (χ3v) is 1.24. The molecule has 0 aliphatic heterocycles. The van der Waals surface area contributed by atoms with Crippen LogP contribution in [0.5, 0.6) is 0 Å². The maximum absolute atomic E-state index is 10.8. The van der Waals surface area contributed by atoms with Gasteiger partial charge >= 0.3 is 12.1 Å². The van der Waals surface area contributed by atoms with Gasteiger partial charge in [-0.3, -0.25) is 5.32 Å². The standard InChI is InChI=1S/C7H9N3O3/c8-6(11)10-7(12)9-4-5-2-1-3-13-5/h1-3H,4H2,(H4,8,9,10,11,12). The summed E-state index contributed by atoms with van der Waals surface area (Å²) in [5.41, 5.74) is 4.71.